The Bertz CT molecular complexity index is 1200. The van der Waals surface area contributed by atoms with Crippen molar-refractivity contribution in [1.82, 2.24) is 10.3 Å². The minimum Gasteiger partial charge on any atom is -0.389 e. The third-order valence-corrected chi connectivity index (χ3v) is 6.83. The van der Waals surface area contributed by atoms with E-state index in [0.29, 0.717) is 42.4 Å². The van der Waals surface area contributed by atoms with Crippen LogP contribution in [0.3, 0.4) is 0 Å². The fourth-order valence-electron chi connectivity index (χ4n) is 4.22. The van der Waals surface area contributed by atoms with E-state index < -0.39 is 21.4 Å². The van der Waals surface area contributed by atoms with E-state index in [0.717, 1.165) is 11.8 Å². The van der Waals surface area contributed by atoms with Crippen molar-refractivity contribution in [3.8, 4) is 0 Å². The molecule has 2 aromatic carbocycles. The lowest BCUT2D eigenvalue weighted by atomic mass is 9.73. The number of pyridine rings is 1. The Morgan fingerprint density at radius 1 is 1.03 bits per heavy atom. The second kappa shape index (κ2) is 7.40. The van der Waals surface area contributed by atoms with Crippen LogP contribution in [-0.4, -0.2) is 43.5 Å². The van der Waals surface area contributed by atoms with Crippen LogP contribution in [0.25, 0.3) is 10.9 Å². The van der Waals surface area contributed by atoms with Crippen molar-refractivity contribution in [1.29, 1.82) is 0 Å². The number of hydrogen-bond donors (Lipinski definition) is 3. The summed E-state index contributed by atoms with van der Waals surface area (Å²) in [6, 6.07) is 15.9. The molecule has 0 spiro atoms. The van der Waals surface area contributed by atoms with Gasteiger partial charge in [0.05, 0.1) is 10.5 Å². The Hall–Kier alpha value is -2.48. The Labute approximate surface area is 169 Å². The molecule has 0 aliphatic carbocycles. The summed E-state index contributed by atoms with van der Waals surface area (Å²) in [5.41, 5.74) is 0.530. The number of hydrogen-bond acceptors (Lipinski definition) is 5. The van der Waals surface area contributed by atoms with Crippen LogP contribution in [0.5, 0.6) is 0 Å². The number of sulfone groups is 1. The third-order valence-electron chi connectivity index (χ3n) is 5.72. The summed E-state index contributed by atoms with van der Waals surface area (Å²) in [4.78, 5) is 16.1. The molecule has 29 heavy (non-hydrogen) atoms. The second-order valence-electron chi connectivity index (χ2n) is 7.77. The van der Waals surface area contributed by atoms with Crippen molar-refractivity contribution in [2.24, 2.45) is 0 Å². The van der Waals surface area contributed by atoms with Gasteiger partial charge >= 0.3 is 0 Å². The minimum absolute atomic E-state index is 0.194. The third kappa shape index (κ3) is 3.85. The Morgan fingerprint density at radius 3 is 2.38 bits per heavy atom. The lowest BCUT2D eigenvalue weighted by Gasteiger charge is -2.39. The fourth-order valence-corrected chi connectivity index (χ4v) is 4.88. The second-order valence-corrected chi connectivity index (χ2v) is 9.79. The highest BCUT2D eigenvalue weighted by molar-refractivity contribution is 7.90. The SMILES string of the molecule is CS(=O)(=O)c1ccc2[nH]c(=O)c(C(c3ccccc3)C3(O)CCNCC3)cc2c1. The molecule has 1 aliphatic rings. The number of benzene rings is 2. The van der Waals surface area contributed by atoms with E-state index in [1.807, 2.05) is 30.3 Å². The standard InChI is InChI=1S/C22H24N2O4S/c1-29(27,28)17-7-8-19-16(13-17)14-18(21(25)24-19)20(15-5-3-2-4-6-15)22(26)9-11-23-12-10-22/h2-8,13-14,20,23,26H,9-12H2,1H3,(H,24,25). The summed E-state index contributed by atoms with van der Waals surface area (Å²) in [6.07, 6.45) is 2.20. The zero-order chi connectivity index (χ0) is 20.6. The molecule has 1 atom stereocenters. The van der Waals surface area contributed by atoms with Crippen molar-refractivity contribution < 1.29 is 13.5 Å². The lowest BCUT2D eigenvalue weighted by Crippen LogP contribution is -2.47. The summed E-state index contributed by atoms with van der Waals surface area (Å²) >= 11 is 0. The number of nitrogens with one attached hydrogen (secondary N) is 2. The molecule has 0 bridgehead atoms. The molecule has 1 saturated heterocycles. The molecule has 1 fully saturated rings. The molecular formula is C22H24N2O4S. The van der Waals surface area contributed by atoms with Crippen LogP contribution < -0.4 is 10.9 Å². The molecular weight excluding hydrogens is 388 g/mol. The minimum atomic E-state index is -3.37. The van der Waals surface area contributed by atoms with E-state index in [-0.39, 0.29) is 10.5 Å². The number of aromatic nitrogens is 1. The molecule has 0 saturated carbocycles. The summed E-state index contributed by atoms with van der Waals surface area (Å²) < 4.78 is 23.9. The van der Waals surface area contributed by atoms with Gasteiger partial charge in [-0.25, -0.2) is 8.42 Å². The van der Waals surface area contributed by atoms with E-state index >= 15 is 0 Å². The Morgan fingerprint density at radius 2 is 1.72 bits per heavy atom. The normalized spacial score (nSPS) is 17.9. The number of fused-ring (bicyclic) bond motifs is 1. The summed E-state index contributed by atoms with van der Waals surface area (Å²) in [5, 5.41) is 15.4. The van der Waals surface area contributed by atoms with Crippen LogP contribution in [0.15, 0.2) is 64.3 Å². The van der Waals surface area contributed by atoms with Gasteiger partial charge in [0, 0.05) is 23.3 Å². The first kappa shape index (κ1) is 19.8. The quantitative estimate of drug-likeness (QED) is 0.610. The van der Waals surface area contributed by atoms with E-state index in [2.05, 4.69) is 10.3 Å². The average molecular weight is 413 g/mol. The predicted octanol–water partition coefficient (Wildman–Crippen LogP) is 2.18. The van der Waals surface area contributed by atoms with Gasteiger partial charge in [0.25, 0.3) is 5.56 Å². The first-order chi connectivity index (χ1) is 13.8. The zero-order valence-corrected chi connectivity index (χ0v) is 17.0. The van der Waals surface area contributed by atoms with E-state index in [9.17, 15) is 18.3 Å². The first-order valence-electron chi connectivity index (χ1n) is 9.63. The molecule has 2 heterocycles. The van der Waals surface area contributed by atoms with Crippen molar-refractivity contribution in [3.63, 3.8) is 0 Å². The van der Waals surface area contributed by atoms with Crippen molar-refractivity contribution in [2.75, 3.05) is 19.3 Å². The topological polar surface area (TPSA) is 99.3 Å². The van der Waals surface area contributed by atoms with Gasteiger partial charge in [-0.2, -0.15) is 0 Å². The van der Waals surface area contributed by atoms with Crippen LogP contribution in [0.1, 0.15) is 29.9 Å². The van der Waals surface area contributed by atoms with Crippen molar-refractivity contribution >= 4 is 20.7 Å². The Kier molecular flexibility index (Phi) is 5.06. The molecule has 4 rings (SSSR count). The van der Waals surface area contributed by atoms with Crippen LogP contribution in [-0.2, 0) is 9.84 Å². The zero-order valence-electron chi connectivity index (χ0n) is 16.2. The molecule has 1 aliphatic heterocycles. The number of rotatable bonds is 4. The fraction of sp³-hybridized carbons (Fsp3) is 0.318. The predicted molar refractivity (Wildman–Crippen MR) is 113 cm³/mol. The monoisotopic (exact) mass is 412 g/mol. The van der Waals surface area contributed by atoms with Crippen LogP contribution in [0.2, 0.25) is 0 Å². The largest absolute Gasteiger partial charge is 0.389 e. The highest BCUT2D eigenvalue weighted by Crippen LogP contribution is 2.39. The summed E-state index contributed by atoms with van der Waals surface area (Å²) in [7, 11) is -3.37. The van der Waals surface area contributed by atoms with E-state index in [1.54, 1.807) is 18.2 Å². The average Bonchev–Trinajstić information content (AvgIpc) is 2.69. The molecule has 3 aromatic rings. The maximum Gasteiger partial charge on any atom is 0.252 e. The molecule has 3 N–H and O–H groups in total. The van der Waals surface area contributed by atoms with Crippen LogP contribution in [0, 0.1) is 0 Å². The summed E-state index contributed by atoms with van der Waals surface area (Å²) in [5.74, 6) is -0.513. The molecule has 1 aromatic heterocycles. The maximum atomic E-state index is 13.0. The van der Waals surface area contributed by atoms with Crippen LogP contribution in [0.4, 0.5) is 0 Å². The van der Waals surface area contributed by atoms with Gasteiger partial charge < -0.3 is 15.4 Å². The Balaban J connectivity index is 1.94. The van der Waals surface area contributed by atoms with Gasteiger partial charge in [0.15, 0.2) is 9.84 Å². The highest BCUT2D eigenvalue weighted by atomic mass is 32.2. The smallest absolute Gasteiger partial charge is 0.252 e. The van der Waals surface area contributed by atoms with Gasteiger partial charge in [0.2, 0.25) is 0 Å². The molecule has 0 amide bonds. The number of aromatic amines is 1. The van der Waals surface area contributed by atoms with Crippen LogP contribution >= 0.6 is 0 Å². The molecule has 6 nitrogen and oxygen atoms in total. The number of H-pyrrole nitrogens is 1. The highest BCUT2D eigenvalue weighted by Gasteiger charge is 2.41. The molecule has 152 valence electrons. The lowest BCUT2D eigenvalue weighted by molar-refractivity contribution is -0.00518. The van der Waals surface area contributed by atoms with E-state index in [4.69, 9.17) is 0 Å². The molecule has 0 radical (unpaired) electrons. The first-order valence-corrected chi connectivity index (χ1v) is 11.5. The molecule has 1 unspecified atom stereocenters. The maximum absolute atomic E-state index is 13.0. The van der Waals surface area contributed by atoms with Gasteiger partial charge in [-0.15, -0.1) is 0 Å². The van der Waals surface area contributed by atoms with Gasteiger partial charge in [-0.1, -0.05) is 30.3 Å². The van der Waals surface area contributed by atoms with E-state index in [1.165, 1.54) is 6.07 Å². The number of piperidine rings is 1. The van der Waals surface area contributed by atoms with Crippen molar-refractivity contribution in [2.45, 2.75) is 29.3 Å². The molecule has 7 heteroatoms. The van der Waals surface area contributed by atoms with Gasteiger partial charge in [0.1, 0.15) is 0 Å². The number of aliphatic hydroxyl groups is 1. The van der Waals surface area contributed by atoms with Crippen molar-refractivity contribution in [3.05, 3.63) is 76.1 Å². The van der Waals surface area contributed by atoms with Gasteiger partial charge in [-0.05, 0) is 61.1 Å². The summed E-state index contributed by atoms with van der Waals surface area (Å²) in [6.45, 7) is 1.34. The van der Waals surface area contributed by atoms with Gasteiger partial charge in [-0.3, -0.25) is 4.79 Å².